The highest BCUT2D eigenvalue weighted by Crippen LogP contribution is 2.31. The van der Waals surface area contributed by atoms with E-state index in [0.29, 0.717) is 12.8 Å². The van der Waals surface area contributed by atoms with Gasteiger partial charge in [0, 0.05) is 6.54 Å². The van der Waals surface area contributed by atoms with Gasteiger partial charge < -0.3 is 5.11 Å². The topological polar surface area (TPSA) is 74.7 Å². The first-order valence-corrected chi connectivity index (χ1v) is 8.72. The molecule has 0 amide bonds. The third kappa shape index (κ3) is 3.22. The third-order valence-electron chi connectivity index (χ3n) is 3.61. The van der Waals surface area contributed by atoms with Crippen molar-refractivity contribution < 1.29 is 18.3 Å². The SMILES string of the molecule is CCCc1ccc(Cl)c(S(=O)(=O)N2CCC[C@@H]2C(=O)O)c1. The molecule has 1 atom stereocenters. The minimum Gasteiger partial charge on any atom is -0.480 e. The quantitative estimate of drug-likeness (QED) is 0.899. The zero-order valence-corrected chi connectivity index (χ0v) is 13.3. The molecule has 1 aliphatic heterocycles. The van der Waals surface area contributed by atoms with Crippen molar-refractivity contribution in [3.8, 4) is 0 Å². The number of carboxylic acid groups (broad SMARTS) is 1. The molecule has 1 aromatic rings. The highest BCUT2D eigenvalue weighted by molar-refractivity contribution is 7.89. The summed E-state index contributed by atoms with van der Waals surface area (Å²) >= 11 is 6.03. The van der Waals surface area contributed by atoms with Gasteiger partial charge in [0.05, 0.1) is 5.02 Å². The minimum atomic E-state index is -3.88. The van der Waals surface area contributed by atoms with Gasteiger partial charge in [-0.3, -0.25) is 4.79 Å². The first-order valence-electron chi connectivity index (χ1n) is 6.91. The molecule has 7 heteroatoms. The number of carboxylic acids is 1. The second kappa shape index (κ2) is 6.34. The number of hydrogen-bond donors (Lipinski definition) is 1. The Kier molecular flexibility index (Phi) is 4.91. The van der Waals surface area contributed by atoms with Gasteiger partial charge in [-0.25, -0.2) is 8.42 Å². The smallest absolute Gasteiger partial charge is 0.322 e. The number of halogens is 1. The van der Waals surface area contributed by atoms with Gasteiger partial charge in [-0.15, -0.1) is 0 Å². The number of aliphatic carboxylic acids is 1. The fourth-order valence-corrected chi connectivity index (χ4v) is 4.77. The molecule has 1 aliphatic rings. The molecular formula is C14H18ClNO4S. The van der Waals surface area contributed by atoms with Crippen molar-refractivity contribution in [3.63, 3.8) is 0 Å². The van der Waals surface area contributed by atoms with Gasteiger partial charge in [-0.2, -0.15) is 4.31 Å². The van der Waals surface area contributed by atoms with E-state index in [1.54, 1.807) is 18.2 Å². The van der Waals surface area contributed by atoms with Gasteiger partial charge in [0.15, 0.2) is 0 Å². The van der Waals surface area contributed by atoms with Gasteiger partial charge >= 0.3 is 5.97 Å². The van der Waals surface area contributed by atoms with Crippen LogP contribution >= 0.6 is 11.6 Å². The Morgan fingerprint density at radius 2 is 2.19 bits per heavy atom. The van der Waals surface area contributed by atoms with E-state index in [1.165, 1.54) is 0 Å². The number of nitrogens with zero attached hydrogens (tertiary/aromatic N) is 1. The lowest BCUT2D eigenvalue weighted by atomic mass is 10.1. The van der Waals surface area contributed by atoms with Crippen LogP contribution in [-0.2, 0) is 21.2 Å². The van der Waals surface area contributed by atoms with E-state index in [2.05, 4.69) is 0 Å². The molecule has 1 fully saturated rings. The van der Waals surface area contributed by atoms with Gasteiger partial charge in [-0.05, 0) is 37.0 Å². The largest absolute Gasteiger partial charge is 0.480 e. The van der Waals surface area contributed by atoms with Crippen molar-refractivity contribution in [3.05, 3.63) is 28.8 Å². The first kappa shape index (κ1) is 16.3. The van der Waals surface area contributed by atoms with E-state index in [4.69, 9.17) is 16.7 Å². The summed E-state index contributed by atoms with van der Waals surface area (Å²) in [5.41, 5.74) is 0.881. The zero-order valence-electron chi connectivity index (χ0n) is 11.8. The summed E-state index contributed by atoms with van der Waals surface area (Å²) in [5.74, 6) is -1.11. The third-order valence-corrected chi connectivity index (χ3v) is 6.00. The first-order chi connectivity index (χ1) is 9.87. The van der Waals surface area contributed by atoms with Crippen LogP contribution in [0.1, 0.15) is 31.7 Å². The van der Waals surface area contributed by atoms with Gasteiger partial charge in [0.2, 0.25) is 10.0 Å². The Labute approximate surface area is 129 Å². The van der Waals surface area contributed by atoms with E-state index < -0.39 is 22.0 Å². The number of hydrogen-bond acceptors (Lipinski definition) is 3. The molecule has 1 heterocycles. The molecule has 2 rings (SSSR count). The second-order valence-corrected chi connectivity index (χ2v) is 7.39. The Balaban J connectivity index is 2.44. The normalized spacial score (nSPS) is 19.8. The van der Waals surface area contributed by atoms with E-state index in [-0.39, 0.29) is 16.5 Å². The lowest BCUT2D eigenvalue weighted by Crippen LogP contribution is -2.40. The number of rotatable bonds is 5. The van der Waals surface area contributed by atoms with Crippen LogP contribution in [0.4, 0.5) is 0 Å². The maximum atomic E-state index is 12.7. The fraction of sp³-hybridized carbons (Fsp3) is 0.500. The summed E-state index contributed by atoms with van der Waals surface area (Å²) < 4.78 is 26.5. The summed E-state index contributed by atoms with van der Waals surface area (Å²) in [6, 6.07) is 3.91. The number of carbonyl (C=O) groups is 1. The molecule has 0 radical (unpaired) electrons. The van der Waals surface area contributed by atoms with Crippen LogP contribution in [0.5, 0.6) is 0 Å². The Bertz CT molecular complexity index is 644. The van der Waals surface area contributed by atoms with Crippen molar-refractivity contribution in [2.24, 2.45) is 0 Å². The average molecular weight is 332 g/mol. The second-order valence-electron chi connectivity index (χ2n) is 5.13. The molecule has 0 aliphatic carbocycles. The zero-order chi connectivity index (χ0) is 15.6. The summed E-state index contributed by atoms with van der Waals surface area (Å²) in [6.45, 7) is 2.22. The maximum absolute atomic E-state index is 12.7. The molecule has 5 nitrogen and oxygen atoms in total. The molecule has 1 saturated heterocycles. The number of aryl methyl sites for hydroxylation is 1. The monoisotopic (exact) mass is 331 g/mol. The highest BCUT2D eigenvalue weighted by atomic mass is 35.5. The molecule has 0 aromatic heterocycles. The van der Waals surface area contributed by atoms with E-state index in [9.17, 15) is 13.2 Å². The number of sulfonamides is 1. The van der Waals surface area contributed by atoms with Crippen LogP contribution < -0.4 is 0 Å². The molecule has 0 saturated carbocycles. The fourth-order valence-electron chi connectivity index (χ4n) is 2.59. The van der Waals surface area contributed by atoms with Gasteiger partial charge in [-0.1, -0.05) is 31.0 Å². The van der Waals surface area contributed by atoms with Crippen molar-refractivity contribution in [1.82, 2.24) is 4.31 Å². The van der Waals surface area contributed by atoms with E-state index in [0.717, 1.165) is 22.7 Å². The predicted octanol–water partition coefficient (Wildman–Crippen LogP) is 2.53. The van der Waals surface area contributed by atoms with E-state index in [1.807, 2.05) is 6.92 Å². The summed E-state index contributed by atoms with van der Waals surface area (Å²) in [5, 5.41) is 9.29. The Hall–Kier alpha value is -1.11. The van der Waals surface area contributed by atoms with Crippen LogP contribution in [-0.4, -0.2) is 36.4 Å². The van der Waals surface area contributed by atoms with Gasteiger partial charge in [0.25, 0.3) is 0 Å². The Morgan fingerprint density at radius 3 is 2.81 bits per heavy atom. The van der Waals surface area contributed by atoms with Crippen molar-refractivity contribution in [2.45, 2.75) is 43.5 Å². The molecule has 1 aromatic carbocycles. The summed E-state index contributed by atoms with van der Waals surface area (Å²) in [4.78, 5) is 11.2. The average Bonchev–Trinajstić information content (AvgIpc) is 2.91. The Morgan fingerprint density at radius 1 is 1.48 bits per heavy atom. The summed E-state index contributed by atoms with van der Waals surface area (Å²) in [7, 11) is -3.88. The molecule has 0 unspecified atom stereocenters. The highest BCUT2D eigenvalue weighted by Gasteiger charge is 2.40. The van der Waals surface area contributed by atoms with Crippen molar-refractivity contribution in [2.75, 3.05) is 6.54 Å². The molecular weight excluding hydrogens is 314 g/mol. The van der Waals surface area contributed by atoms with Crippen LogP contribution in [0.3, 0.4) is 0 Å². The van der Waals surface area contributed by atoms with Gasteiger partial charge in [0.1, 0.15) is 10.9 Å². The molecule has 21 heavy (non-hydrogen) atoms. The van der Waals surface area contributed by atoms with Crippen LogP contribution in [0.25, 0.3) is 0 Å². The van der Waals surface area contributed by atoms with Crippen molar-refractivity contribution in [1.29, 1.82) is 0 Å². The summed E-state index contributed by atoms with van der Waals surface area (Å²) in [6.07, 6.45) is 2.52. The van der Waals surface area contributed by atoms with Crippen LogP contribution in [0.2, 0.25) is 5.02 Å². The van der Waals surface area contributed by atoms with Crippen LogP contribution in [0.15, 0.2) is 23.1 Å². The predicted molar refractivity (Wildman–Crippen MR) is 80.0 cm³/mol. The maximum Gasteiger partial charge on any atom is 0.322 e. The lowest BCUT2D eigenvalue weighted by Gasteiger charge is -2.22. The van der Waals surface area contributed by atoms with Crippen LogP contribution in [0, 0.1) is 0 Å². The molecule has 0 spiro atoms. The standard InChI is InChI=1S/C14H18ClNO4S/c1-2-4-10-6-7-11(15)13(9-10)21(19,20)16-8-3-5-12(16)14(17)18/h6-7,9,12H,2-5,8H2,1H3,(H,17,18)/t12-/m1/s1. The molecule has 1 N–H and O–H groups in total. The van der Waals surface area contributed by atoms with Crippen molar-refractivity contribution >= 4 is 27.6 Å². The molecule has 116 valence electrons. The lowest BCUT2D eigenvalue weighted by molar-refractivity contribution is -0.140. The number of benzene rings is 1. The minimum absolute atomic E-state index is 0.00302. The molecule has 0 bridgehead atoms. The van der Waals surface area contributed by atoms with E-state index >= 15 is 0 Å².